The van der Waals surface area contributed by atoms with Gasteiger partial charge in [0, 0.05) is 32.1 Å². The molecule has 0 amide bonds. The molecule has 4 aromatic rings. The predicted molar refractivity (Wildman–Crippen MR) is 125 cm³/mol. The zero-order chi connectivity index (χ0) is 24.7. The third-order valence-corrected chi connectivity index (χ3v) is 6.62. The van der Waals surface area contributed by atoms with Gasteiger partial charge in [0.15, 0.2) is 0 Å². The molecular weight excluding hydrogens is 459 g/mol. The standard InChI is InChI=1S/C24H26F3N7O/c1-14(10-20-30-28-13-33(20)2)15-4-3-5-16(11-15)21-23-22(32-31-21)18(12-19(29-23)24(25,26)27)34-8-6-17(35)7-9-34/h3-5,11-14,17,35H,6-10H2,1-2H3,(H,31,32)/t14-/m1/s1. The van der Waals surface area contributed by atoms with Gasteiger partial charge in [-0.3, -0.25) is 5.10 Å². The van der Waals surface area contributed by atoms with Gasteiger partial charge in [0.25, 0.3) is 0 Å². The Balaban J connectivity index is 1.55. The lowest BCUT2D eigenvalue weighted by Gasteiger charge is -2.32. The molecule has 1 aromatic carbocycles. The molecule has 5 rings (SSSR count). The largest absolute Gasteiger partial charge is 0.433 e. The van der Waals surface area contributed by atoms with Crippen molar-refractivity contribution in [1.82, 2.24) is 29.9 Å². The summed E-state index contributed by atoms with van der Waals surface area (Å²) in [6.07, 6.45) is -1.72. The number of aliphatic hydroxyl groups is 1. The molecule has 0 aliphatic carbocycles. The molecule has 3 aromatic heterocycles. The minimum absolute atomic E-state index is 0.108. The van der Waals surface area contributed by atoms with Gasteiger partial charge in [-0.15, -0.1) is 10.2 Å². The molecule has 0 spiro atoms. The van der Waals surface area contributed by atoms with Crippen LogP contribution in [0.4, 0.5) is 18.9 Å². The Bertz CT molecular complexity index is 1340. The third kappa shape index (κ3) is 4.60. The molecule has 35 heavy (non-hydrogen) atoms. The van der Waals surface area contributed by atoms with Gasteiger partial charge in [-0.05, 0) is 36.5 Å². The van der Waals surface area contributed by atoms with Crippen LogP contribution in [-0.2, 0) is 19.6 Å². The number of nitrogens with zero attached hydrogens (tertiary/aromatic N) is 6. The van der Waals surface area contributed by atoms with Crippen LogP contribution in [0, 0.1) is 0 Å². The summed E-state index contributed by atoms with van der Waals surface area (Å²) in [5.74, 6) is 0.956. The van der Waals surface area contributed by atoms with Gasteiger partial charge >= 0.3 is 6.18 Å². The van der Waals surface area contributed by atoms with E-state index in [4.69, 9.17) is 0 Å². The number of hydrogen-bond acceptors (Lipinski definition) is 6. The maximum Gasteiger partial charge on any atom is 0.433 e. The lowest BCUT2D eigenvalue weighted by Crippen LogP contribution is -2.36. The van der Waals surface area contributed by atoms with E-state index in [-0.39, 0.29) is 11.4 Å². The van der Waals surface area contributed by atoms with E-state index >= 15 is 0 Å². The van der Waals surface area contributed by atoms with Crippen molar-refractivity contribution in [2.75, 3.05) is 18.0 Å². The average Bonchev–Trinajstić information content (AvgIpc) is 3.44. The first-order valence-corrected chi connectivity index (χ1v) is 11.5. The van der Waals surface area contributed by atoms with Crippen LogP contribution in [0.2, 0.25) is 0 Å². The highest BCUT2D eigenvalue weighted by Gasteiger charge is 2.35. The predicted octanol–water partition coefficient (Wildman–Crippen LogP) is 4.08. The Hall–Kier alpha value is -3.47. The number of aromatic amines is 1. The van der Waals surface area contributed by atoms with Crippen LogP contribution in [0.25, 0.3) is 22.3 Å². The van der Waals surface area contributed by atoms with Crippen LogP contribution in [0.1, 0.15) is 42.8 Å². The van der Waals surface area contributed by atoms with Gasteiger partial charge in [0.2, 0.25) is 0 Å². The van der Waals surface area contributed by atoms with Crippen LogP contribution in [0.3, 0.4) is 0 Å². The molecule has 1 aliphatic heterocycles. The molecule has 0 saturated carbocycles. The van der Waals surface area contributed by atoms with Crippen LogP contribution in [-0.4, -0.2) is 54.2 Å². The van der Waals surface area contributed by atoms with E-state index in [2.05, 4.69) is 32.3 Å². The summed E-state index contributed by atoms with van der Waals surface area (Å²) in [5, 5.41) is 25.2. The van der Waals surface area contributed by atoms with Crippen LogP contribution >= 0.6 is 0 Å². The van der Waals surface area contributed by atoms with E-state index in [0.29, 0.717) is 54.8 Å². The number of pyridine rings is 1. The Morgan fingerprint density at radius 3 is 2.66 bits per heavy atom. The summed E-state index contributed by atoms with van der Waals surface area (Å²) in [6.45, 7) is 2.99. The first-order chi connectivity index (χ1) is 16.7. The molecule has 1 aliphatic rings. The maximum atomic E-state index is 13.8. The first-order valence-electron chi connectivity index (χ1n) is 11.5. The molecule has 1 atom stereocenters. The number of halogens is 3. The number of alkyl halides is 3. The van der Waals surface area contributed by atoms with Crippen molar-refractivity contribution < 1.29 is 18.3 Å². The zero-order valence-electron chi connectivity index (χ0n) is 19.4. The normalized spacial score (nSPS) is 16.2. The van der Waals surface area contributed by atoms with Crippen molar-refractivity contribution in [3.05, 3.63) is 53.7 Å². The van der Waals surface area contributed by atoms with Crippen LogP contribution in [0.15, 0.2) is 36.7 Å². The van der Waals surface area contributed by atoms with Gasteiger partial charge in [-0.2, -0.15) is 18.3 Å². The Morgan fingerprint density at radius 1 is 1.20 bits per heavy atom. The van der Waals surface area contributed by atoms with Gasteiger partial charge in [0.1, 0.15) is 34.6 Å². The Labute approximate surface area is 199 Å². The minimum atomic E-state index is -4.60. The molecule has 0 unspecified atom stereocenters. The van der Waals surface area contributed by atoms with E-state index in [1.165, 1.54) is 0 Å². The number of anilines is 1. The van der Waals surface area contributed by atoms with E-state index in [0.717, 1.165) is 17.5 Å². The molecule has 2 N–H and O–H groups in total. The lowest BCUT2D eigenvalue weighted by molar-refractivity contribution is -0.140. The fraction of sp³-hybridized carbons (Fsp3) is 0.417. The summed E-state index contributed by atoms with van der Waals surface area (Å²) in [7, 11) is 1.89. The third-order valence-electron chi connectivity index (χ3n) is 6.62. The van der Waals surface area contributed by atoms with Crippen molar-refractivity contribution in [3.8, 4) is 11.3 Å². The first kappa shape index (κ1) is 23.3. The molecule has 1 fully saturated rings. The maximum absolute atomic E-state index is 13.8. The molecule has 184 valence electrons. The summed E-state index contributed by atoms with van der Waals surface area (Å²) >= 11 is 0. The fourth-order valence-electron chi connectivity index (χ4n) is 4.56. The smallest absolute Gasteiger partial charge is 0.393 e. The van der Waals surface area contributed by atoms with E-state index in [9.17, 15) is 18.3 Å². The minimum Gasteiger partial charge on any atom is -0.393 e. The summed E-state index contributed by atoms with van der Waals surface area (Å²) in [5.41, 5.74) is 2.16. The second-order valence-electron chi connectivity index (χ2n) is 9.13. The van der Waals surface area contributed by atoms with Crippen molar-refractivity contribution in [1.29, 1.82) is 0 Å². The van der Waals surface area contributed by atoms with E-state index in [1.54, 1.807) is 6.33 Å². The number of aliphatic hydroxyl groups excluding tert-OH is 1. The second kappa shape index (κ2) is 8.95. The number of benzene rings is 1. The topological polar surface area (TPSA) is 95.8 Å². The SMILES string of the molecule is C[C@H](Cc1nncn1C)c1cccc(-c2n[nH]c3c(N4CCC(O)CC4)cc(C(F)(F)F)nc23)c1. The van der Waals surface area contributed by atoms with E-state index in [1.807, 2.05) is 40.8 Å². The number of aromatic nitrogens is 6. The van der Waals surface area contributed by atoms with Crippen molar-refractivity contribution in [3.63, 3.8) is 0 Å². The number of piperidine rings is 1. The number of aryl methyl sites for hydroxylation is 1. The Kier molecular flexibility index (Phi) is 5.96. The highest BCUT2D eigenvalue weighted by molar-refractivity contribution is 5.97. The monoisotopic (exact) mass is 485 g/mol. The number of H-pyrrole nitrogens is 1. The van der Waals surface area contributed by atoms with E-state index < -0.39 is 18.0 Å². The fourth-order valence-corrected chi connectivity index (χ4v) is 4.56. The molecule has 0 bridgehead atoms. The average molecular weight is 486 g/mol. The lowest BCUT2D eigenvalue weighted by atomic mass is 9.95. The van der Waals surface area contributed by atoms with Crippen LogP contribution in [0.5, 0.6) is 0 Å². The second-order valence-corrected chi connectivity index (χ2v) is 9.13. The number of rotatable bonds is 5. The zero-order valence-corrected chi connectivity index (χ0v) is 19.4. The molecule has 11 heteroatoms. The summed E-state index contributed by atoms with van der Waals surface area (Å²) < 4.78 is 43.2. The number of nitrogens with one attached hydrogen (secondary N) is 1. The molecular formula is C24H26F3N7O. The number of fused-ring (bicyclic) bond motifs is 1. The highest BCUT2D eigenvalue weighted by Crippen LogP contribution is 2.38. The van der Waals surface area contributed by atoms with Crippen molar-refractivity contribution in [2.24, 2.45) is 7.05 Å². The van der Waals surface area contributed by atoms with Crippen LogP contribution < -0.4 is 4.90 Å². The quantitative estimate of drug-likeness (QED) is 0.442. The molecule has 0 radical (unpaired) electrons. The summed E-state index contributed by atoms with van der Waals surface area (Å²) in [6, 6.07) is 8.70. The van der Waals surface area contributed by atoms with Crippen molar-refractivity contribution in [2.45, 2.75) is 44.4 Å². The van der Waals surface area contributed by atoms with Gasteiger partial charge in [-0.25, -0.2) is 4.98 Å². The van der Waals surface area contributed by atoms with Gasteiger partial charge in [-0.1, -0.05) is 25.1 Å². The van der Waals surface area contributed by atoms with Gasteiger partial charge < -0.3 is 14.6 Å². The summed E-state index contributed by atoms with van der Waals surface area (Å²) in [4.78, 5) is 5.84. The molecule has 8 nitrogen and oxygen atoms in total. The van der Waals surface area contributed by atoms with Crippen molar-refractivity contribution >= 4 is 16.7 Å². The van der Waals surface area contributed by atoms with Gasteiger partial charge in [0.05, 0.1) is 11.8 Å². The molecule has 1 saturated heterocycles. The molecule has 4 heterocycles. The number of hydrogen-bond donors (Lipinski definition) is 2. The Morgan fingerprint density at radius 2 is 1.97 bits per heavy atom. The highest BCUT2D eigenvalue weighted by atomic mass is 19.4.